The monoisotopic (exact) mass is 293 g/mol. The van der Waals surface area contributed by atoms with Gasteiger partial charge in [-0.05, 0) is 31.7 Å². The highest BCUT2D eigenvalue weighted by Gasteiger charge is 2.11. The van der Waals surface area contributed by atoms with E-state index in [2.05, 4.69) is 41.3 Å². The first-order chi connectivity index (χ1) is 9.60. The lowest BCUT2D eigenvalue weighted by Gasteiger charge is -2.24. The van der Waals surface area contributed by atoms with Gasteiger partial charge in [0, 0.05) is 30.4 Å². The molecule has 6 heteroatoms. The normalized spacial score (nSPS) is 12.8. The minimum absolute atomic E-state index is 0.324. The van der Waals surface area contributed by atoms with Gasteiger partial charge < -0.3 is 5.73 Å². The summed E-state index contributed by atoms with van der Waals surface area (Å²) in [6.07, 6.45) is 1.89. The summed E-state index contributed by atoms with van der Waals surface area (Å²) in [5, 5.41) is 8.79. The first-order valence-electron chi connectivity index (χ1n) is 6.65. The van der Waals surface area contributed by atoms with Crippen molar-refractivity contribution in [3.63, 3.8) is 0 Å². The molecular formula is C14H20ClN5. The molecule has 0 bridgehead atoms. The number of aromatic nitrogens is 3. The number of benzene rings is 1. The zero-order chi connectivity index (χ0) is 14.5. The third-order valence-electron chi connectivity index (χ3n) is 3.49. The third kappa shape index (κ3) is 3.79. The Morgan fingerprint density at radius 1 is 1.35 bits per heavy atom. The summed E-state index contributed by atoms with van der Waals surface area (Å²) < 4.78 is 1.83. The zero-order valence-corrected chi connectivity index (χ0v) is 12.6. The van der Waals surface area contributed by atoms with Crippen LogP contribution in [0.2, 0.25) is 5.02 Å². The quantitative estimate of drug-likeness (QED) is 0.886. The molecule has 0 fully saturated rings. The summed E-state index contributed by atoms with van der Waals surface area (Å²) in [5.74, 6) is 0. The molecule has 1 unspecified atom stereocenters. The fraction of sp³-hybridized carbons (Fsp3) is 0.429. The zero-order valence-electron chi connectivity index (χ0n) is 11.8. The molecule has 1 aromatic carbocycles. The number of nitrogens with two attached hydrogens (primary N) is 1. The maximum Gasteiger partial charge on any atom is 0.0962 e. The van der Waals surface area contributed by atoms with Crippen LogP contribution in [-0.4, -0.2) is 33.5 Å². The predicted octanol–water partition coefficient (Wildman–Crippen LogP) is 2.08. The summed E-state index contributed by atoms with van der Waals surface area (Å²) in [6.45, 7) is 4.28. The number of hydrogen-bond acceptors (Lipinski definition) is 4. The van der Waals surface area contributed by atoms with Gasteiger partial charge in [0.2, 0.25) is 0 Å². The van der Waals surface area contributed by atoms with Gasteiger partial charge in [-0.3, -0.25) is 9.58 Å². The molecule has 1 atom stereocenters. The van der Waals surface area contributed by atoms with Crippen molar-refractivity contribution in [2.75, 3.05) is 13.6 Å². The molecule has 0 saturated carbocycles. The standard InChI is InChI=1S/C14H20ClN5/c1-11(12-3-5-13(15)6-4-12)19(2)7-8-20-10-14(9-16)17-18-20/h3-6,10-11H,7-9,16H2,1-2H3. The van der Waals surface area contributed by atoms with Crippen molar-refractivity contribution in [1.82, 2.24) is 19.9 Å². The van der Waals surface area contributed by atoms with Crippen LogP contribution >= 0.6 is 11.6 Å². The Balaban J connectivity index is 1.90. The van der Waals surface area contributed by atoms with Crippen LogP contribution in [0.3, 0.4) is 0 Å². The van der Waals surface area contributed by atoms with Crippen molar-refractivity contribution < 1.29 is 0 Å². The number of likely N-dealkylation sites (N-methyl/N-ethyl adjacent to an activating group) is 1. The van der Waals surface area contributed by atoms with E-state index in [-0.39, 0.29) is 0 Å². The van der Waals surface area contributed by atoms with Gasteiger partial charge in [-0.2, -0.15) is 0 Å². The number of rotatable bonds is 6. The molecule has 20 heavy (non-hydrogen) atoms. The average Bonchev–Trinajstić information content (AvgIpc) is 2.93. The van der Waals surface area contributed by atoms with Crippen molar-refractivity contribution in [3.05, 3.63) is 46.7 Å². The molecule has 2 N–H and O–H groups in total. The van der Waals surface area contributed by atoms with Gasteiger partial charge in [0.25, 0.3) is 0 Å². The molecule has 0 aliphatic rings. The average molecular weight is 294 g/mol. The number of hydrogen-bond donors (Lipinski definition) is 1. The van der Waals surface area contributed by atoms with Gasteiger partial charge in [-0.15, -0.1) is 5.10 Å². The molecular weight excluding hydrogens is 274 g/mol. The van der Waals surface area contributed by atoms with Crippen LogP contribution in [0.15, 0.2) is 30.5 Å². The van der Waals surface area contributed by atoms with Crippen molar-refractivity contribution in [2.24, 2.45) is 5.73 Å². The highest BCUT2D eigenvalue weighted by molar-refractivity contribution is 6.30. The molecule has 108 valence electrons. The van der Waals surface area contributed by atoms with E-state index in [9.17, 15) is 0 Å². The van der Waals surface area contributed by atoms with E-state index in [1.54, 1.807) is 0 Å². The van der Waals surface area contributed by atoms with Gasteiger partial charge in [-0.1, -0.05) is 28.9 Å². The molecule has 0 aliphatic carbocycles. The van der Waals surface area contributed by atoms with Crippen molar-refractivity contribution in [3.8, 4) is 0 Å². The first kappa shape index (κ1) is 15.0. The van der Waals surface area contributed by atoms with E-state index < -0.39 is 0 Å². The number of nitrogens with zero attached hydrogens (tertiary/aromatic N) is 4. The molecule has 1 aromatic heterocycles. The summed E-state index contributed by atoms with van der Waals surface area (Å²) in [4.78, 5) is 2.27. The van der Waals surface area contributed by atoms with Gasteiger partial charge >= 0.3 is 0 Å². The molecule has 2 rings (SSSR count). The lowest BCUT2D eigenvalue weighted by Crippen LogP contribution is -2.26. The van der Waals surface area contributed by atoms with Crippen molar-refractivity contribution in [1.29, 1.82) is 0 Å². The van der Waals surface area contributed by atoms with Crippen molar-refractivity contribution in [2.45, 2.75) is 26.1 Å². The van der Waals surface area contributed by atoms with Crippen LogP contribution in [0.1, 0.15) is 24.2 Å². The largest absolute Gasteiger partial charge is 0.325 e. The minimum Gasteiger partial charge on any atom is -0.325 e. The van der Waals surface area contributed by atoms with Gasteiger partial charge in [0.05, 0.1) is 12.2 Å². The van der Waals surface area contributed by atoms with E-state index in [1.807, 2.05) is 23.0 Å². The van der Waals surface area contributed by atoms with Crippen LogP contribution in [0.4, 0.5) is 0 Å². The second-order valence-corrected chi connectivity index (χ2v) is 5.32. The second kappa shape index (κ2) is 6.83. The Hall–Kier alpha value is -1.43. The van der Waals surface area contributed by atoms with Crippen LogP contribution in [0, 0.1) is 0 Å². The smallest absolute Gasteiger partial charge is 0.0962 e. The Morgan fingerprint density at radius 2 is 2.05 bits per heavy atom. The Bertz CT molecular complexity index is 537. The molecule has 1 heterocycles. The van der Waals surface area contributed by atoms with Crippen LogP contribution < -0.4 is 5.73 Å². The van der Waals surface area contributed by atoms with Crippen LogP contribution in [0.25, 0.3) is 0 Å². The van der Waals surface area contributed by atoms with Gasteiger partial charge in [0.1, 0.15) is 0 Å². The highest BCUT2D eigenvalue weighted by atomic mass is 35.5. The van der Waals surface area contributed by atoms with E-state index >= 15 is 0 Å². The first-order valence-corrected chi connectivity index (χ1v) is 7.02. The predicted molar refractivity (Wildman–Crippen MR) is 80.4 cm³/mol. The van der Waals surface area contributed by atoms with Gasteiger partial charge in [-0.25, -0.2) is 0 Å². The molecule has 0 aliphatic heterocycles. The molecule has 5 nitrogen and oxygen atoms in total. The fourth-order valence-electron chi connectivity index (χ4n) is 1.99. The Morgan fingerprint density at radius 3 is 2.65 bits per heavy atom. The molecule has 0 spiro atoms. The molecule has 0 amide bonds. The SMILES string of the molecule is CC(c1ccc(Cl)cc1)N(C)CCn1cc(CN)nn1. The summed E-state index contributed by atoms with van der Waals surface area (Å²) in [5.41, 5.74) is 7.58. The lowest BCUT2D eigenvalue weighted by molar-refractivity contribution is 0.246. The summed E-state index contributed by atoms with van der Waals surface area (Å²) in [7, 11) is 2.10. The molecule has 0 radical (unpaired) electrons. The molecule has 2 aromatic rings. The van der Waals surface area contributed by atoms with E-state index in [1.165, 1.54) is 5.56 Å². The van der Waals surface area contributed by atoms with E-state index in [4.69, 9.17) is 17.3 Å². The summed E-state index contributed by atoms with van der Waals surface area (Å²) in [6, 6.07) is 8.29. The second-order valence-electron chi connectivity index (χ2n) is 4.89. The van der Waals surface area contributed by atoms with E-state index in [0.717, 1.165) is 23.8 Å². The summed E-state index contributed by atoms with van der Waals surface area (Å²) >= 11 is 5.91. The Kier molecular flexibility index (Phi) is 5.11. The van der Waals surface area contributed by atoms with Crippen LogP contribution in [0.5, 0.6) is 0 Å². The minimum atomic E-state index is 0.324. The van der Waals surface area contributed by atoms with Crippen LogP contribution in [-0.2, 0) is 13.1 Å². The topological polar surface area (TPSA) is 60.0 Å². The third-order valence-corrected chi connectivity index (χ3v) is 3.74. The highest BCUT2D eigenvalue weighted by Crippen LogP contribution is 2.20. The Labute approximate surface area is 124 Å². The number of halogens is 1. The van der Waals surface area contributed by atoms with Gasteiger partial charge in [0.15, 0.2) is 0 Å². The van der Waals surface area contributed by atoms with Crippen molar-refractivity contribution >= 4 is 11.6 Å². The maximum absolute atomic E-state index is 5.91. The fourth-order valence-corrected chi connectivity index (χ4v) is 2.12. The van der Waals surface area contributed by atoms with E-state index in [0.29, 0.717) is 12.6 Å². The lowest BCUT2D eigenvalue weighted by atomic mass is 10.1. The molecule has 0 saturated heterocycles. The maximum atomic E-state index is 5.91.